The van der Waals surface area contributed by atoms with Gasteiger partial charge in [0.15, 0.2) is 0 Å². The van der Waals surface area contributed by atoms with Crippen molar-refractivity contribution in [1.29, 1.82) is 0 Å². The molecule has 1 aromatic heterocycles. The van der Waals surface area contributed by atoms with Crippen LogP contribution in [0.4, 0.5) is 4.79 Å². The summed E-state index contributed by atoms with van der Waals surface area (Å²) in [4.78, 5) is 18.3. The van der Waals surface area contributed by atoms with Crippen LogP contribution in [0.3, 0.4) is 0 Å². The number of hydrogen-bond acceptors (Lipinski definition) is 4. The molecule has 0 spiro atoms. The van der Waals surface area contributed by atoms with Crippen molar-refractivity contribution in [3.63, 3.8) is 0 Å². The van der Waals surface area contributed by atoms with Crippen LogP contribution >= 0.6 is 11.3 Å². The minimum absolute atomic E-state index is 0.0313. The van der Waals surface area contributed by atoms with Crippen LogP contribution < -0.4 is 5.32 Å². The van der Waals surface area contributed by atoms with Gasteiger partial charge in [0.05, 0.1) is 12.1 Å². The predicted octanol–water partition coefficient (Wildman–Crippen LogP) is 2.79. The molecule has 6 heteroatoms. The first-order valence-electron chi connectivity index (χ1n) is 7.71. The zero-order valence-corrected chi connectivity index (χ0v) is 13.6. The third kappa shape index (κ3) is 4.41. The number of aromatic nitrogens is 1. The van der Waals surface area contributed by atoms with E-state index in [4.69, 9.17) is 0 Å². The number of aliphatic hydroxyl groups excluding tert-OH is 1. The molecule has 0 radical (unpaired) electrons. The molecule has 1 aliphatic carbocycles. The Morgan fingerprint density at radius 1 is 1.57 bits per heavy atom. The van der Waals surface area contributed by atoms with Crippen molar-refractivity contribution in [1.82, 2.24) is 15.2 Å². The van der Waals surface area contributed by atoms with Gasteiger partial charge in [0.25, 0.3) is 0 Å². The average Bonchev–Trinajstić information content (AvgIpc) is 3.00. The smallest absolute Gasteiger partial charge is 0.317 e. The summed E-state index contributed by atoms with van der Waals surface area (Å²) >= 11 is 1.56. The van der Waals surface area contributed by atoms with Crippen LogP contribution in [-0.2, 0) is 0 Å². The van der Waals surface area contributed by atoms with Gasteiger partial charge in [0.2, 0.25) is 0 Å². The lowest BCUT2D eigenvalue weighted by Gasteiger charge is -2.31. The third-order valence-electron chi connectivity index (χ3n) is 4.18. The number of urea groups is 1. The predicted molar refractivity (Wildman–Crippen MR) is 84.3 cm³/mol. The van der Waals surface area contributed by atoms with Gasteiger partial charge in [-0.25, -0.2) is 9.78 Å². The average molecular weight is 311 g/mol. The Bertz CT molecular complexity index is 438. The molecule has 1 heterocycles. The molecule has 2 amide bonds. The molecular weight excluding hydrogens is 286 g/mol. The molecule has 1 saturated carbocycles. The fourth-order valence-corrected chi connectivity index (χ4v) is 3.61. The fourth-order valence-electron chi connectivity index (χ4n) is 2.84. The normalized spacial score (nSPS) is 23.6. The van der Waals surface area contributed by atoms with Crippen molar-refractivity contribution in [3.05, 3.63) is 16.6 Å². The molecule has 3 unspecified atom stereocenters. The quantitative estimate of drug-likeness (QED) is 0.879. The van der Waals surface area contributed by atoms with Gasteiger partial charge in [-0.2, -0.15) is 0 Å². The van der Waals surface area contributed by atoms with Crippen molar-refractivity contribution >= 4 is 17.4 Å². The number of carbonyl (C=O) groups is 1. The van der Waals surface area contributed by atoms with Crippen LogP contribution in [0, 0.1) is 5.92 Å². The lowest BCUT2D eigenvalue weighted by molar-refractivity contribution is 0.0562. The molecular formula is C15H25N3O2S. The van der Waals surface area contributed by atoms with Crippen LogP contribution in [0.25, 0.3) is 0 Å². The minimum Gasteiger partial charge on any atom is -0.393 e. The van der Waals surface area contributed by atoms with Crippen LogP contribution in [0.5, 0.6) is 0 Å². The highest BCUT2D eigenvalue weighted by atomic mass is 32.1. The summed E-state index contributed by atoms with van der Waals surface area (Å²) in [7, 11) is 1.80. The van der Waals surface area contributed by atoms with Crippen LogP contribution in [0.2, 0.25) is 0 Å². The number of aliphatic hydroxyl groups is 1. The fraction of sp³-hybridized carbons (Fsp3) is 0.733. The molecule has 118 valence electrons. The van der Waals surface area contributed by atoms with Crippen molar-refractivity contribution < 1.29 is 9.90 Å². The van der Waals surface area contributed by atoms with E-state index >= 15 is 0 Å². The largest absolute Gasteiger partial charge is 0.393 e. The monoisotopic (exact) mass is 311 g/mol. The third-order valence-corrected chi connectivity index (χ3v) is 5.07. The van der Waals surface area contributed by atoms with Gasteiger partial charge in [-0.1, -0.05) is 19.8 Å². The van der Waals surface area contributed by atoms with E-state index in [1.165, 1.54) is 0 Å². The van der Waals surface area contributed by atoms with E-state index in [1.807, 2.05) is 12.3 Å². The highest BCUT2D eigenvalue weighted by molar-refractivity contribution is 7.09. The standard InChI is InChI=1S/C15H25N3O2S/c1-3-12(14-16-8-9-21-14)17-15(20)18(2)10-11-6-4-5-7-13(11)19/h8-9,11-13,19H,3-7,10H2,1-2H3,(H,17,20). The van der Waals surface area contributed by atoms with E-state index in [1.54, 1.807) is 29.5 Å². The van der Waals surface area contributed by atoms with Crippen LogP contribution in [0.15, 0.2) is 11.6 Å². The maximum atomic E-state index is 12.3. The van der Waals surface area contributed by atoms with E-state index < -0.39 is 0 Å². The number of nitrogens with zero attached hydrogens (tertiary/aromatic N) is 2. The van der Waals surface area contributed by atoms with E-state index in [0.29, 0.717) is 6.54 Å². The van der Waals surface area contributed by atoms with Gasteiger partial charge in [-0.3, -0.25) is 0 Å². The summed E-state index contributed by atoms with van der Waals surface area (Å²) in [6.45, 7) is 2.65. The molecule has 1 aliphatic rings. The Balaban J connectivity index is 1.86. The molecule has 5 nitrogen and oxygen atoms in total. The molecule has 2 rings (SSSR count). The van der Waals surface area contributed by atoms with Gasteiger partial charge in [0.1, 0.15) is 5.01 Å². The Morgan fingerprint density at radius 2 is 2.33 bits per heavy atom. The molecule has 0 aromatic carbocycles. The van der Waals surface area contributed by atoms with Crippen molar-refractivity contribution in [2.45, 2.75) is 51.2 Å². The summed E-state index contributed by atoms with van der Waals surface area (Å²) < 4.78 is 0. The number of hydrogen-bond donors (Lipinski definition) is 2. The summed E-state index contributed by atoms with van der Waals surface area (Å²) in [5.41, 5.74) is 0. The number of rotatable bonds is 5. The van der Waals surface area contributed by atoms with Crippen LogP contribution in [-0.4, -0.2) is 40.7 Å². The van der Waals surface area contributed by atoms with Gasteiger partial charge in [-0.15, -0.1) is 11.3 Å². The second-order valence-electron chi connectivity index (χ2n) is 5.77. The van der Waals surface area contributed by atoms with Crippen molar-refractivity contribution in [2.75, 3.05) is 13.6 Å². The number of thiazole rings is 1. The van der Waals surface area contributed by atoms with E-state index in [-0.39, 0.29) is 24.1 Å². The highest BCUT2D eigenvalue weighted by Gasteiger charge is 2.26. The summed E-state index contributed by atoms with van der Waals surface area (Å²) in [6.07, 6.45) is 6.41. The lowest BCUT2D eigenvalue weighted by atomic mass is 9.86. The maximum absolute atomic E-state index is 12.3. The molecule has 0 saturated heterocycles. The van der Waals surface area contributed by atoms with Crippen molar-refractivity contribution in [3.8, 4) is 0 Å². The van der Waals surface area contributed by atoms with E-state index in [0.717, 1.165) is 37.1 Å². The van der Waals surface area contributed by atoms with E-state index in [9.17, 15) is 9.90 Å². The Morgan fingerprint density at radius 3 is 2.95 bits per heavy atom. The first-order valence-corrected chi connectivity index (χ1v) is 8.58. The molecule has 0 aliphatic heterocycles. The van der Waals surface area contributed by atoms with Gasteiger partial charge < -0.3 is 15.3 Å². The minimum atomic E-state index is -0.269. The van der Waals surface area contributed by atoms with Gasteiger partial charge >= 0.3 is 6.03 Å². The second kappa shape index (κ2) is 7.75. The lowest BCUT2D eigenvalue weighted by Crippen LogP contribution is -2.44. The Kier molecular flexibility index (Phi) is 5.99. The second-order valence-corrected chi connectivity index (χ2v) is 6.70. The van der Waals surface area contributed by atoms with E-state index in [2.05, 4.69) is 10.3 Å². The first-order chi connectivity index (χ1) is 10.1. The summed E-state index contributed by atoms with van der Waals surface area (Å²) in [5, 5.41) is 15.9. The summed E-state index contributed by atoms with van der Waals surface area (Å²) in [5.74, 6) is 0.203. The number of carbonyl (C=O) groups excluding carboxylic acids is 1. The van der Waals surface area contributed by atoms with Crippen molar-refractivity contribution in [2.24, 2.45) is 5.92 Å². The molecule has 21 heavy (non-hydrogen) atoms. The first kappa shape index (κ1) is 16.2. The number of amides is 2. The molecule has 0 bridgehead atoms. The zero-order valence-electron chi connectivity index (χ0n) is 12.8. The molecule has 2 N–H and O–H groups in total. The van der Waals surface area contributed by atoms with Gasteiger partial charge in [0, 0.05) is 31.1 Å². The Labute approximate surface area is 130 Å². The zero-order chi connectivity index (χ0) is 15.2. The molecule has 1 fully saturated rings. The van der Waals surface area contributed by atoms with Crippen LogP contribution in [0.1, 0.15) is 50.1 Å². The Hall–Kier alpha value is -1.14. The number of nitrogens with one attached hydrogen (secondary N) is 1. The molecule has 3 atom stereocenters. The van der Waals surface area contributed by atoms with Gasteiger partial charge in [-0.05, 0) is 19.3 Å². The topological polar surface area (TPSA) is 65.5 Å². The maximum Gasteiger partial charge on any atom is 0.317 e. The highest BCUT2D eigenvalue weighted by Crippen LogP contribution is 2.25. The molecule has 1 aromatic rings. The summed E-state index contributed by atoms with van der Waals surface area (Å²) in [6, 6.07) is -0.119. The SMILES string of the molecule is CCC(NC(=O)N(C)CC1CCCCC1O)c1nccs1.